The summed E-state index contributed by atoms with van der Waals surface area (Å²) in [6.07, 6.45) is 2.12. The molecule has 0 atom stereocenters. The van der Waals surface area contributed by atoms with Crippen LogP contribution in [-0.2, 0) is 4.79 Å². The molecule has 9 heteroatoms. The number of ether oxygens (including phenoxy) is 1. The summed E-state index contributed by atoms with van der Waals surface area (Å²) in [5, 5.41) is 2.84. The first-order chi connectivity index (χ1) is 9.22. The van der Waals surface area contributed by atoms with Gasteiger partial charge in [0.15, 0.2) is 0 Å². The number of rotatable bonds is 5. The predicted molar refractivity (Wildman–Crippen MR) is 68.5 cm³/mol. The highest BCUT2D eigenvalue weighted by atomic mass is 16.5. The van der Waals surface area contributed by atoms with Crippen LogP contribution in [0.2, 0.25) is 0 Å². The number of hydrazine groups is 1. The quantitative estimate of drug-likeness (QED) is 0.468. The van der Waals surface area contributed by atoms with E-state index in [1.807, 2.05) is 4.90 Å². The zero-order valence-corrected chi connectivity index (χ0v) is 10.7. The highest BCUT2D eigenvalue weighted by molar-refractivity contribution is 5.80. The number of nitrogens with two attached hydrogens (primary N) is 1. The molecule has 2 heterocycles. The standard InChI is InChI=1S/C10H17N7O2/c1-19-10-14-8(13-9(15-10)16-11)12-6-7(18)17-4-2-3-5-17/h2-6,11H2,1H3,(H2,12,13,14,15,16). The van der Waals surface area contributed by atoms with Gasteiger partial charge in [-0.15, -0.1) is 0 Å². The van der Waals surface area contributed by atoms with E-state index in [1.54, 1.807) is 0 Å². The van der Waals surface area contributed by atoms with Crippen LogP contribution in [0, 0.1) is 0 Å². The lowest BCUT2D eigenvalue weighted by molar-refractivity contribution is -0.128. The van der Waals surface area contributed by atoms with Crippen molar-refractivity contribution in [2.24, 2.45) is 5.84 Å². The number of anilines is 2. The van der Waals surface area contributed by atoms with Gasteiger partial charge in [-0.1, -0.05) is 0 Å². The SMILES string of the molecule is COc1nc(NN)nc(NCC(=O)N2CCCC2)n1. The molecule has 1 saturated heterocycles. The average molecular weight is 267 g/mol. The maximum atomic E-state index is 11.8. The Hall–Kier alpha value is -2.16. The number of likely N-dealkylation sites (tertiary alicyclic amines) is 1. The van der Waals surface area contributed by atoms with Gasteiger partial charge in [0.2, 0.25) is 17.8 Å². The molecule has 2 rings (SSSR count). The van der Waals surface area contributed by atoms with Crippen molar-refractivity contribution < 1.29 is 9.53 Å². The van der Waals surface area contributed by atoms with Crippen LogP contribution in [0.15, 0.2) is 0 Å². The number of nitrogens with zero attached hydrogens (tertiary/aromatic N) is 4. The smallest absolute Gasteiger partial charge is 0.322 e. The minimum atomic E-state index is 0.0270. The number of nitrogens with one attached hydrogen (secondary N) is 2. The Morgan fingerprint density at radius 2 is 2.00 bits per heavy atom. The summed E-state index contributed by atoms with van der Waals surface area (Å²) in [5.74, 6) is 5.68. The zero-order valence-electron chi connectivity index (χ0n) is 10.7. The molecule has 19 heavy (non-hydrogen) atoms. The fraction of sp³-hybridized carbons (Fsp3) is 0.600. The van der Waals surface area contributed by atoms with E-state index in [0.717, 1.165) is 25.9 Å². The maximum Gasteiger partial charge on any atom is 0.322 e. The Labute approximate surface area is 110 Å². The fourth-order valence-corrected chi connectivity index (χ4v) is 1.82. The number of hydrogen-bond donors (Lipinski definition) is 3. The maximum absolute atomic E-state index is 11.8. The van der Waals surface area contributed by atoms with Crippen molar-refractivity contribution in [2.45, 2.75) is 12.8 Å². The van der Waals surface area contributed by atoms with Crippen molar-refractivity contribution in [1.29, 1.82) is 0 Å². The van der Waals surface area contributed by atoms with Crippen LogP contribution in [0.25, 0.3) is 0 Å². The minimum absolute atomic E-state index is 0.0270. The van der Waals surface area contributed by atoms with Crippen LogP contribution in [-0.4, -0.2) is 52.5 Å². The second-order valence-corrected chi connectivity index (χ2v) is 4.06. The van der Waals surface area contributed by atoms with E-state index in [0.29, 0.717) is 0 Å². The Bertz CT molecular complexity index is 425. The van der Waals surface area contributed by atoms with Crippen LogP contribution < -0.4 is 21.3 Å². The molecule has 1 aliphatic rings. The normalized spacial score (nSPS) is 14.3. The lowest BCUT2D eigenvalue weighted by atomic mass is 10.4. The molecule has 0 bridgehead atoms. The molecule has 1 amide bonds. The number of methoxy groups -OCH3 is 1. The first-order valence-corrected chi connectivity index (χ1v) is 6.01. The summed E-state index contributed by atoms with van der Waals surface area (Å²) in [6.45, 7) is 1.77. The van der Waals surface area contributed by atoms with E-state index in [9.17, 15) is 4.79 Å². The summed E-state index contributed by atoms with van der Waals surface area (Å²) in [4.78, 5) is 25.5. The third-order valence-electron chi connectivity index (χ3n) is 2.78. The second kappa shape index (κ2) is 6.14. The second-order valence-electron chi connectivity index (χ2n) is 4.06. The van der Waals surface area contributed by atoms with E-state index in [1.165, 1.54) is 7.11 Å². The van der Waals surface area contributed by atoms with Gasteiger partial charge in [0.25, 0.3) is 0 Å². The number of aromatic nitrogens is 3. The number of amides is 1. The van der Waals surface area contributed by atoms with E-state index >= 15 is 0 Å². The molecule has 0 aliphatic carbocycles. The van der Waals surface area contributed by atoms with E-state index in [-0.39, 0.29) is 30.4 Å². The highest BCUT2D eigenvalue weighted by Gasteiger charge is 2.17. The van der Waals surface area contributed by atoms with E-state index < -0.39 is 0 Å². The summed E-state index contributed by atoms with van der Waals surface area (Å²) < 4.78 is 4.91. The molecule has 1 aromatic heterocycles. The Balaban J connectivity index is 1.96. The topological polar surface area (TPSA) is 118 Å². The Kier molecular flexibility index (Phi) is 4.29. The molecular weight excluding hydrogens is 250 g/mol. The first kappa shape index (κ1) is 13.3. The summed E-state index contributed by atoms with van der Waals surface area (Å²) in [5.41, 5.74) is 2.31. The minimum Gasteiger partial charge on any atom is -0.467 e. The van der Waals surface area contributed by atoms with Crippen LogP contribution >= 0.6 is 0 Å². The van der Waals surface area contributed by atoms with Crippen LogP contribution in [0.1, 0.15) is 12.8 Å². The molecule has 1 fully saturated rings. The van der Waals surface area contributed by atoms with Gasteiger partial charge in [-0.05, 0) is 12.8 Å². The van der Waals surface area contributed by atoms with Gasteiger partial charge in [-0.3, -0.25) is 10.2 Å². The highest BCUT2D eigenvalue weighted by Crippen LogP contribution is 2.11. The summed E-state index contributed by atoms with van der Waals surface area (Å²) in [6, 6.07) is 0.124. The van der Waals surface area contributed by atoms with Gasteiger partial charge in [0.1, 0.15) is 0 Å². The molecule has 9 nitrogen and oxygen atoms in total. The number of carbonyl (C=O) groups is 1. The Morgan fingerprint density at radius 3 is 2.63 bits per heavy atom. The molecule has 4 N–H and O–H groups in total. The zero-order chi connectivity index (χ0) is 13.7. The molecule has 0 radical (unpaired) electrons. The number of carbonyl (C=O) groups excluding carboxylic acids is 1. The summed E-state index contributed by atoms with van der Waals surface area (Å²) in [7, 11) is 1.44. The van der Waals surface area contributed by atoms with Crippen molar-refractivity contribution in [3.05, 3.63) is 0 Å². The molecule has 1 aromatic rings. The lowest BCUT2D eigenvalue weighted by Gasteiger charge is -2.15. The molecular formula is C10H17N7O2. The van der Waals surface area contributed by atoms with Gasteiger partial charge in [-0.2, -0.15) is 15.0 Å². The Morgan fingerprint density at radius 1 is 1.32 bits per heavy atom. The average Bonchev–Trinajstić information content (AvgIpc) is 2.98. The van der Waals surface area contributed by atoms with Gasteiger partial charge in [0.05, 0.1) is 13.7 Å². The van der Waals surface area contributed by atoms with Crippen molar-refractivity contribution in [3.63, 3.8) is 0 Å². The van der Waals surface area contributed by atoms with Crippen LogP contribution in [0.3, 0.4) is 0 Å². The van der Waals surface area contributed by atoms with Crippen LogP contribution in [0.4, 0.5) is 11.9 Å². The van der Waals surface area contributed by atoms with Crippen molar-refractivity contribution in [3.8, 4) is 6.01 Å². The number of hydrogen-bond acceptors (Lipinski definition) is 8. The van der Waals surface area contributed by atoms with Gasteiger partial charge >= 0.3 is 6.01 Å². The molecule has 0 aromatic carbocycles. The molecule has 0 unspecified atom stereocenters. The predicted octanol–water partition coefficient (Wildman–Crippen LogP) is -0.800. The van der Waals surface area contributed by atoms with Gasteiger partial charge in [0, 0.05) is 13.1 Å². The van der Waals surface area contributed by atoms with Crippen molar-refractivity contribution in [2.75, 3.05) is 37.5 Å². The van der Waals surface area contributed by atoms with Crippen molar-refractivity contribution >= 4 is 17.8 Å². The van der Waals surface area contributed by atoms with E-state index in [2.05, 4.69) is 25.7 Å². The van der Waals surface area contributed by atoms with Crippen molar-refractivity contribution in [1.82, 2.24) is 19.9 Å². The third-order valence-corrected chi connectivity index (χ3v) is 2.78. The summed E-state index contributed by atoms with van der Waals surface area (Å²) >= 11 is 0. The molecule has 0 saturated carbocycles. The fourth-order valence-electron chi connectivity index (χ4n) is 1.82. The van der Waals surface area contributed by atoms with Gasteiger partial charge in [-0.25, -0.2) is 5.84 Å². The number of nitrogen functional groups attached to an aromatic ring is 1. The monoisotopic (exact) mass is 267 g/mol. The third kappa shape index (κ3) is 3.41. The molecule has 0 spiro atoms. The van der Waals surface area contributed by atoms with Crippen LogP contribution in [0.5, 0.6) is 6.01 Å². The lowest BCUT2D eigenvalue weighted by Crippen LogP contribution is -2.33. The van der Waals surface area contributed by atoms with E-state index in [4.69, 9.17) is 10.6 Å². The van der Waals surface area contributed by atoms with Gasteiger partial charge < -0.3 is 15.0 Å². The molecule has 1 aliphatic heterocycles. The molecule has 104 valence electrons. The largest absolute Gasteiger partial charge is 0.467 e. The first-order valence-electron chi connectivity index (χ1n) is 6.01.